The highest BCUT2D eigenvalue weighted by Crippen LogP contribution is 2.26. The minimum absolute atomic E-state index is 0.0249. The molecule has 4 nitrogen and oxygen atoms in total. The average Bonchev–Trinajstić information content (AvgIpc) is 2.41. The van der Waals surface area contributed by atoms with Gasteiger partial charge in [-0.2, -0.15) is 0 Å². The Balaban J connectivity index is 2.35. The number of non-ortho nitro benzene ring substituents is 1. The van der Waals surface area contributed by atoms with Crippen LogP contribution in [0.4, 0.5) is 5.69 Å². The van der Waals surface area contributed by atoms with Gasteiger partial charge in [-0.15, -0.1) is 0 Å². The van der Waals surface area contributed by atoms with Crippen molar-refractivity contribution in [1.29, 1.82) is 0 Å². The third kappa shape index (κ3) is 2.80. The third-order valence-electron chi connectivity index (χ3n) is 3.15. The highest BCUT2D eigenvalue weighted by atomic mass is 16.6. The lowest BCUT2D eigenvalue weighted by Gasteiger charge is -2.14. The predicted molar refractivity (Wildman–Crippen MR) is 73.1 cm³/mol. The van der Waals surface area contributed by atoms with Crippen molar-refractivity contribution >= 4 is 5.69 Å². The molecular weight excluding hydrogens is 242 g/mol. The molecule has 0 saturated carbocycles. The highest BCUT2D eigenvalue weighted by molar-refractivity contribution is 5.40. The van der Waals surface area contributed by atoms with Gasteiger partial charge in [0.2, 0.25) is 0 Å². The molecule has 2 rings (SSSR count). The van der Waals surface area contributed by atoms with Crippen LogP contribution in [0.5, 0.6) is 0 Å². The first-order valence-electron chi connectivity index (χ1n) is 5.98. The first kappa shape index (κ1) is 13.2. The average molecular weight is 257 g/mol. The van der Waals surface area contributed by atoms with E-state index in [2.05, 4.69) is 0 Å². The molecule has 0 spiro atoms. The molecule has 19 heavy (non-hydrogen) atoms. The zero-order valence-electron chi connectivity index (χ0n) is 10.8. The molecule has 0 aliphatic heterocycles. The van der Waals surface area contributed by atoms with Crippen LogP contribution < -0.4 is 0 Å². The van der Waals surface area contributed by atoms with Crippen molar-refractivity contribution in [2.75, 3.05) is 0 Å². The maximum absolute atomic E-state index is 10.6. The van der Waals surface area contributed by atoms with Crippen molar-refractivity contribution in [2.24, 2.45) is 0 Å². The number of nitrogens with zero attached hydrogens (tertiary/aromatic N) is 1. The molecule has 4 heteroatoms. The zero-order chi connectivity index (χ0) is 14.0. The van der Waals surface area contributed by atoms with Crippen molar-refractivity contribution in [1.82, 2.24) is 0 Å². The molecule has 98 valence electrons. The molecule has 0 aliphatic rings. The van der Waals surface area contributed by atoms with Gasteiger partial charge in [0.05, 0.1) is 4.92 Å². The van der Waals surface area contributed by atoms with Crippen molar-refractivity contribution < 1.29 is 10.0 Å². The number of hydrogen-bond acceptors (Lipinski definition) is 3. The topological polar surface area (TPSA) is 63.4 Å². The number of nitro groups is 1. The van der Waals surface area contributed by atoms with Gasteiger partial charge in [0.1, 0.15) is 6.10 Å². The summed E-state index contributed by atoms with van der Waals surface area (Å²) in [7, 11) is 0. The van der Waals surface area contributed by atoms with E-state index in [4.69, 9.17) is 0 Å². The summed E-state index contributed by atoms with van der Waals surface area (Å²) in [5, 5.41) is 21.0. The maximum Gasteiger partial charge on any atom is 0.269 e. The number of benzene rings is 2. The SMILES string of the molecule is Cc1ccc(C)c(C(O)c2ccc([N+](=O)[O-])cc2)c1. The molecular formula is C15H15NO3. The molecule has 1 N–H and O–H groups in total. The lowest BCUT2D eigenvalue weighted by molar-refractivity contribution is -0.384. The largest absolute Gasteiger partial charge is 0.384 e. The molecule has 1 unspecified atom stereocenters. The van der Waals surface area contributed by atoms with Crippen LogP contribution in [0.1, 0.15) is 28.4 Å². The van der Waals surface area contributed by atoms with Crippen molar-refractivity contribution in [2.45, 2.75) is 20.0 Å². The Hall–Kier alpha value is -2.20. The molecule has 0 fully saturated rings. The van der Waals surface area contributed by atoms with Gasteiger partial charge in [-0.25, -0.2) is 0 Å². The van der Waals surface area contributed by atoms with Gasteiger partial charge in [0.15, 0.2) is 0 Å². The van der Waals surface area contributed by atoms with Gasteiger partial charge in [-0.1, -0.05) is 23.8 Å². The standard InChI is InChI=1S/C15H15NO3/c1-10-3-4-11(2)14(9-10)15(17)12-5-7-13(8-6-12)16(18)19/h3-9,15,17H,1-2H3. The van der Waals surface area contributed by atoms with E-state index >= 15 is 0 Å². The second-order valence-electron chi connectivity index (χ2n) is 4.61. The summed E-state index contributed by atoms with van der Waals surface area (Å²) >= 11 is 0. The molecule has 2 aromatic carbocycles. The molecule has 0 amide bonds. The quantitative estimate of drug-likeness (QED) is 0.677. The van der Waals surface area contributed by atoms with E-state index in [-0.39, 0.29) is 5.69 Å². The number of aliphatic hydroxyl groups excluding tert-OH is 1. The predicted octanol–water partition coefficient (Wildman–Crippen LogP) is 3.29. The van der Waals surface area contributed by atoms with Gasteiger partial charge in [0, 0.05) is 12.1 Å². The minimum atomic E-state index is -0.763. The Morgan fingerprint density at radius 3 is 2.32 bits per heavy atom. The Bertz CT molecular complexity index is 605. The summed E-state index contributed by atoms with van der Waals surface area (Å²) in [5.41, 5.74) is 3.57. The molecule has 0 heterocycles. The number of hydrogen-bond donors (Lipinski definition) is 1. The number of aliphatic hydroxyl groups is 1. The Labute approximate surface area is 111 Å². The first-order valence-corrected chi connectivity index (χ1v) is 5.98. The van der Waals surface area contributed by atoms with Crippen molar-refractivity contribution in [3.05, 3.63) is 74.8 Å². The van der Waals surface area contributed by atoms with Gasteiger partial charge < -0.3 is 5.11 Å². The zero-order valence-corrected chi connectivity index (χ0v) is 10.8. The first-order chi connectivity index (χ1) is 8.99. The molecule has 1 atom stereocenters. The van der Waals surface area contributed by atoms with Crippen LogP contribution in [0.25, 0.3) is 0 Å². The van der Waals surface area contributed by atoms with E-state index in [0.29, 0.717) is 5.56 Å². The summed E-state index contributed by atoms with van der Waals surface area (Å²) in [6, 6.07) is 11.9. The van der Waals surface area contributed by atoms with E-state index in [1.165, 1.54) is 12.1 Å². The van der Waals surface area contributed by atoms with Gasteiger partial charge >= 0.3 is 0 Å². The maximum atomic E-state index is 10.6. The van der Waals surface area contributed by atoms with Crippen LogP contribution >= 0.6 is 0 Å². The fraction of sp³-hybridized carbons (Fsp3) is 0.200. The van der Waals surface area contributed by atoms with E-state index in [9.17, 15) is 15.2 Å². The summed E-state index contributed by atoms with van der Waals surface area (Å²) in [4.78, 5) is 10.1. The summed E-state index contributed by atoms with van der Waals surface area (Å²) in [6.45, 7) is 3.90. The lowest BCUT2D eigenvalue weighted by Crippen LogP contribution is -2.02. The van der Waals surface area contributed by atoms with E-state index in [0.717, 1.165) is 16.7 Å². The van der Waals surface area contributed by atoms with Crippen LogP contribution in [0.15, 0.2) is 42.5 Å². The van der Waals surface area contributed by atoms with Crippen molar-refractivity contribution in [3.63, 3.8) is 0 Å². The van der Waals surface area contributed by atoms with Crippen LogP contribution in [0.3, 0.4) is 0 Å². The minimum Gasteiger partial charge on any atom is -0.384 e. The van der Waals surface area contributed by atoms with Crippen LogP contribution in [-0.4, -0.2) is 10.0 Å². The molecule has 0 aromatic heterocycles. The summed E-state index contributed by atoms with van der Waals surface area (Å²) in [5.74, 6) is 0. The monoisotopic (exact) mass is 257 g/mol. The van der Waals surface area contributed by atoms with Crippen LogP contribution in [0, 0.1) is 24.0 Å². The smallest absolute Gasteiger partial charge is 0.269 e. The van der Waals surface area contributed by atoms with E-state index < -0.39 is 11.0 Å². The van der Waals surface area contributed by atoms with Gasteiger partial charge in [0.25, 0.3) is 5.69 Å². The third-order valence-corrected chi connectivity index (χ3v) is 3.15. The fourth-order valence-corrected chi connectivity index (χ4v) is 2.01. The van der Waals surface area contributed by atoms with Crippen LogP contribution in [0.2, 0.25) is 0 Å². The second-order valence-corrected chi connectivity index (χ2v) is 4.61. The Kier molecular flexibility index (Phi) is 3.62. The Morgan fingerprint density at radius 1 is 1.11 bits per heavy atom. The molecule has 0 aliphatic carbocycles. The van der Waals surface area contributed by atoms with Crippen LogP contribution in [-0.2, 0) is 0 Å². The summed E-state index contributed by atoms with van der Waals surface area (Å²) < 4.78 is 0. The lowest BCUT2D eigenvalue weighted by atomic mass is 9.96. The second kappa shape index (κ2) is 5.20. The van der Waals surface area contributed by atoms with Gasteiger partial charge in [-0.05, 0) is 42.7 Å². The Morgan fingerprint density at radius 2 is 1.74 bits per heavy atom. The van der Waals surface area contributed by atoms with E-state index in [1.807, 2.05) is 32.0 Å². The van der Waals surface area contributed by atoms with E-state index in [1.54, 1.807) is 12.1 Å². The molecule has 2 aromatic rings. The van der Waals surface area contributed by atoms with Gasteiger partial charge in [-0.3, -0.25) is 10.1 Å². The number of aryl methyl sites for hydroxylation is 2. The molecule has 0 bridgehead atoms. The summed E-state index contributed by atoms with van der Waals surface area (Å²) in [6.07, 6.45) is -0.763. The highest BCUT2D eigenvalue weighted by Gasteiger charge is 2.14. The number of nitro benzene ring substituents is 1. The van der Waals surface area contributed by atoms with Crippen molar-refractivity contribution in [3.8, 4) is 0 Å². The number of rotatable bonds is 3. The molecule has 0 radical (unpaired) electrons. The fourth-order valence-electron chi connectivity index (χ4n) is 2.01. The molecule has 0 saturated heterocycles. The normalized spacial score (nSPS) is 12.2.